The van der Waals surface area contributed by atoms with Crippen LogP contribution in [0.5, 0.6) is 0 Å². The monoisotopic (exact) mass is 252 g/mol. The van der Waals surface area contributed by atoms with Crippen LogP contribution in [-0.4, -0.2) is 63.5 Å². The lowest BCUT2D eigenvalue weighted by Gasteiger charge is -2.04. The van der Waals surface area contributed by atoms with Gasteiger partial charge in [0.1, 0.15) is 0 Å². The third kappa shape index (κ3) is 14.6. The van der Waals surface area contributed by atoms with E-state index in [0.29, 0.717) is 0 Å². The second kappa shape index (κ2) is 14.6. The third-order valence-corrected chi connectivity index (χ3v) is 2.80. The van der Waals surface area contributed by atoms with Crippen LogP contribution in [0.1, 0.15) is 0 Å². The first-order chi connectivity index (χ1) is 7.41. The fraction of sp³-hybridized carbons (Fsp3) is 1.00. The Morgan fingerprint density at radius 2 is 1.27 bits per heavy atom. The highest BCUT2D eigenvalue weighted by Gasteiger charge is 1.91. The van der Waals surface area contributed by atoms with E-state index in [1.807, 2.05) is 0 Å². The summed E-state index contributed by atoms with van der Waals surface area (Å²) < 4.78 is 10.7. The second-order valence-corrected chi connectivity index (χ2v) is 4.85. The van der Waals surface area contributed by atoms with Crippen molar-refractivity contribution in [1.82, 2.24) is 5.32 Å². The zero-order valence-corrected chi connectivity index (χ0v) is 11.4. The van der Waals surface area contributed by atoms with Gasteiger partial charge in [0.2, 0.25) is 0 Å². The number of rotatable bonds is 12. The molecule has 0 N–H and O–H groups in total. The Hall–Kier alpha value is 0.580. The number of thioether (sulfide) groups is 2. The lowest BCUT2D eigenvalue weighted by molar-refractivity contribution is 0.135. The molecule has 0 spiro atoms. The molecule has 0 unspecified atom stereocenters. The fourth-order valence-corrected chi connectivity index (χ4v) is 1.43. The summed E-state index contributed by atoms with van der Waals surface area (Å²) in [5.41, 5.74) is 0. The molecular weight excluding hydrogens is 230 g/mol. The topological polar surface area (TPSA) is 32.6 Å². The number of nitrogens with zero attached hydrogens (tertiary/aromatic N) is 1. The van der Waals surface area contributed by atoms with Crippen molar-refractivity contribution in [3.8, 4) is 0 Å². The number of hydrogen-bond donors (Lipinski definition) is 0. The molecule has 0 amide bonds. The Balaban J connectivity index is 2.81. The molecule has 0 aliphatic carbocycles. The summed E-state index contributed by atoms with van der Waals surface area (Å²) in [6.45, 7) is 4.74. The summed E-state index contributed by atoms with van der Waals surface area (Å²) in [6.07, 6.45) is 4.17. The molecule has 5 heteroatoms. The van der Waals surface area contributed by atoms with Crippen LogP contribution in [0.15, 0.2) is 0 Å². The smallest absolute Gasteiger partial charge is 0.0608 e. The first-order valence-electron chi connectivity index (χ1n) is 5.18. The third-order valence-electron chi connectivity index (χ3n) is 1.65. The Kier molecular flexibility index (Phi) is 15.1. The molecule has 0 fully saturated rings. The van der Waals surface area contributed by atoms with E-state index in [1.54, 1.807) is 23.5 Å². The van der Waals surface area contributed by atoms with Crippen molar-refractivity contribution in [3.05, 3.63) is 0 Å². The predicted octanol–water partition coefficient (Wildman–Crippen LogP) is 1.35. The van der Waals surface area contributed by atoms with Crippen LogP contribution in [0.25, 0.3) is 0 Å². The maximum absolute atomic E-state index is 5.36. The van der Waals surface area contributed by atoms with Gasteiger partial charge in [0.15, 0.2) is 0 Å². The molecule has 3 nitrogen and oxygen atoms in total. The summed E-state index contributed by atoms with van der Waals surface area (Å²) >= 11 is 3.61. The van der Waals surface area contributed by atoms with Crippen molar-refractivity contribution >= 4 is 23.5 Å². The lowest BCUT2D eigenvalue weighted by atomic mass is 10.6. The van der Waals surface area contributed by atoms with Crippen LogP contribution in [0.3, 0.4) is 0 Å². The van der Waals surface area contributed by atoms with E-state index in [0.717, 1.165) is 51.0 Å². The Labute approximate surface area is 102 Å². The standard InChI is InChI=1S/C10H22NO2S2/c1-14-9-7-12-5-3-11-4-6-13-8-10-15-2/h3-10H2,1-2H3. The Bertz CT molecular complexity index is 106. The number of ether oxygens (including phenoxy) is 2. The van der Waals surface area contributed by atoms with E-state index in [4.69, 9.17) is 9.47 Å². The minimum Gasteiger partial charge on any atom is -0.379 e. The van der Waals surface area contributed by atoms with E-state index in [1.165, 1.54) is 0 Å². The van der Waals surface area contributed by atoms with E-state index < -0.39 is 0 Å². The molecule has 0 atom stereocenters. The van der Waals surface area contributed by atoms with Gasteiger partial charge in [-0.15, -0.1) is 0 Å². The van der Waals surface area contributed by atoms with Crippen LogP contribution >= 0.6 is 23.5 Å². The normalized spacial score (nSPS) is 10.8. The van der Waals surface area contributed by atoms with Gasteiger partial charge in [-0.1, -0.05) is 0 Å². The van der Waals surface area contributed by atoms with E-state index >= 15 is 0 Å². The molecule has 0 aromatic rings. The zero-order valence-electron chi connectivity index (χ0n) is 9.74. The first-order valence-corrected chi connectivity index (χ1v) is 7.97. The van der Waals surface area contributed by atoms with Gasteiger partial charge in [-0.2, -0.15) is 23.5 Å². The predicted molar refractivity (Wildman–Crippen MR) is 70.3 cm³/mol. The molecular formula is C10H22NO2S2. The summed E-state index contributed by atoms with van der Waals surface area (Å²) in [7, 11) is 0. The summed E-state index contributed by atoms with van der Waals surface area (Å²) in [5, 5.41) is 4.30. The van der Waals surface area contributed by atoms with Gasteiger partial charge < -0.3 is 9.47 Å². The number of hydrogen-bond acceptors (Lipinski definition) is 4. The maximum Gasteiger partial charge on any atom is 0.0608 e. The van der Waals surface area contributed by atoms with Crippen LogP contribution in [0.4, 0.5) is 0 Å². The highest BCUT2D eigenvalue weighted by molar-refractivity contribution is 7.98. The first kappa shape index (κ1) is 15.6. The average Bonchev–Trinajstić information content (AvgIpc) is 2.26. The molecule has 0 bridgehead atoms. The van der Waals surface area contributed by atoms with Crippen molar-refractivity contribution in [1.29, 1.82) is 0 Å². The Morgan fingerprint density at radius 3 is 1.67 bits per heavy atom. The van der Waals surface area contributed by atoms with Gasteiger partial charge in [0.05, 0.1) is 26.4 Å². The summed E-state index contributed by atoms with van der Waals surface area (Å²) in [4.78, 5) is 0. The van der Waals surface area contributed by atoms with Gasteiger partial charge in [-0.3, -0.25) is 0 Å². The fourth-order valence-electron chi connectivity index (χ4n) is 0.859. The van der Waals surface area contributed by atoms with Gasteiger partial charge in [-0.05, 0) is 12.5 Å². The van der Waals surface area contributed by atoms with Crippen LogP contribution < -0.4 is 5.32 Å². The molecule has 0 saturated heterocycles. The van der Waals surface area contributed by atoms with Gasteiger partial charge in [0.25, 0.3) is 0 Å². The average molecular weight is 252 g/mol. The van der Waals surface area contributed by atoms with Gasteiger partial charge in [-0.25, -0.2) is 5.32 Å². The summed E-state index contributed by atoms with van der Waals surface area (Å²) in [5.74, 6) is 2.13. The minimum atomic E-state index is 0.741. The molecule has 1 radical (unpaired) electrons. The molecule has 15 heavy (non-hydrogen) atoms. The SMILES string of the molecule is CSCCOCC[N]CCOCCSC. The highest BCUT2D eigenvalue weighted by atomic mass is 32.2. The van der Waals surface area contributed by atoms with Gasteiger partial charge in [0, 0.05) is 24.6 Å². The largest absolute Gasteiger partial charge is 0.379 e. The van der Waals surface area contributed by atoms with Crippen LogP contribution in [0, 0.1) is 0 Å². The lowest BCUT2D eigenvalue weighted by Crippen LogP contribution is -2.18. The molecule has 0 rings (SSSR count). The highest BCUT2D eigenvalue weighted by Crippen LogP contribution is 1.90. The molecule has 0 heterocycles. The molecule has 0 aromatic carbocycles. The quantitative estimate of drug-likeness (QED) is 0.491. The molecule has 0 aromatic heterocycles. The van der Waals surface area contributed by atoms with Gasteiger partial charge >= 0.3 is 0 Å². The molecule has 0 aliphatic heterocycles. The van der Waals surface area contributed by atoms with E-state index in [-0.39, 0.29) is 0 Å². The van der Waals surface area contributed by atoms with Crippen molar-refractivity contribution in [2.75, 3.05) is 63.5 Å². The molecule has 0 saturated carbocycles. The van der Waals surface area contributed by atoms with E-state index in [2.05, 4.69) is 17.8 Å². The summed E-state index contributed by atoms with van der Waals surface area (Å²) in [6, 6.07) is 0. The van der Waals surface area contributed by atoms with Crippen molar-refractivity contribution in [2.24, 2.45) is 0 Å². The Morgan fingerprint density at radius 1 is 0.800 bits per heavy atom. The van der Waals surface area contributed by atoms with Crippen molar-refractivity contribution in [3.63, 3.8) is 0 Å². The molecule has 0 aliphatic rings. The van der Waals surface area contributed by atoms with Crippen LogP contribution in [0.2, 0.25) is 0 Å². The second-order valence-electron chi connectivity index (χ2n) is 2.88. The van der Waals surface area contributed by atoms with Crippen molar-refractivity contribution in [2.45, 2.75) is 0 Å². The zero-order chi connectivity index (χ0) is 11.2. The van der Waals surface area contributed by atoms with Crippen LogP contribution in [-0.2, 0) is 9.47 Å². The van der Waals surface area contributed by atoms with Crippen molar-refractivity contribution < 1.29 is 9.47 Å². The molecule has 91 valence electrons. The minimum absolute atomic E-state index is 0.741. The van der Waals surface area contributed by atoms with E-state index in [9.17, 15) is 0 Å². The maximum atomic E-state index is 5.36.